The number of benzene rings is 2. The predicted molar refractivity (Wildman–Crippen MR) is 90.6 cm³/mol. The van der Waals surface area contributed by atoms with Gasteiger partial charge >= 0.3 is 0 Å². The maximum atomic E-state index is 12.2. The number of nitrogens with two attached hydrogens (primary N) is 1. The molecular formula is C18H17N3O3. The first-order valence-corrected chi connectivity index (χ1v) is 7.58. The van der Waals surface area contributed by atoms with Gasteiger partial charge in [-0.05, 0) is 36.8 Å². The molecule has 3 rings (SSSR count). The summed E-state index contributed by atoms with van der Waals surface area (Å²) in [5, 5.41) is 2.76. The van der Waals surface area contributed by atoms with Crippen LogP contribution in [-0.2, 0) is 4.79 Å². The van der Waals surface area contributed by atoms with Gasteiger partial charge in [-0.25, -0.2) is 0 Å². The lowest BCUT2D eigenvalue weighted by Crippen LogP contribution is -2.32. The van der Waals surface area contributed by atoms with E-state index in [1.54, 1.807) is 36.4 Å². The van der Waals surface area contributed by atoms with Gasteiger partial charge in [-0.2, -0.15) is 0 Å². The molecule has 0 spiro atoms. The highest BCUT2D eigenvalue weighted by Gasteiger charge is 2.34. The Kier molecular flexibility index (Phi) is 4.04. The summed E-state index contributed by atoms with van der Waals surface area (Å²) in [5.74, 6) is -0.993. The van der Waals surface area contributed by atoms with Crippen LogP contribution in [0.4, 0.5) is 11.4 Å². The molecule has 0 aliphatic carbocycles. The third-order valence-corrected chi connectivity index (χ3v) is 3.98. The highest BCUT2D eigenvalue weighted by atomic mass is 16.2. The molecule has 0 radical (unpaired) electrons. The first kappa shape index (κ1) is 15.7. The van der Waals surface area contributed by atoms with Crippen LogP contribution in [0.1, 0.15) is 32.7 Å². The Bertz CT molecular complexity index is 810. The van der Waals surface area contributed by atoms with Gasteiger partial charge in [-0.1, -0.05) is 18.2 Å². The average Bonchev–Trinajstić information content (AvgIpc) is 2.81. The Labute approximate surface area is 139 Å². The minimum Gasteiger partial charge on any atom is -0.399 e. The zero-order valence-corrected chi connectivity index (χ0v) is 13.2. The van der Waals surface area contributed by atoms with E-state index in [1.165, 1.54) is 0 Å². The Morgan fingerprint density at radius 3 is 2.33 bits per heavy atom. The van der Waals surface area contributed by atoms with Gasteiger partial charge in [0.1, 0.15) is 0 Å². The lowest BCUT2D eigenvalue weighted by Gasteiger charge is -2.14. The molecule has 0 saturated carbocycles. The lowest BCUT2D eigenvalue weighted by atomic mass is 10.1. The fourth-order valence-electron chi connectivity index (χ4n) is 2.64. The summed E-state index contributed by atoms with van der Waals surface area (Å²) in [5.41, 5.74) is 8.55. The van der Waals surface area contributed by atoms with E-state index >= 15 is 0 Å². The molecule has 3 N–H and O–H groups in total. The number of hydrogen-bond donors (Lipinski definition) is 2. The van der Waals surface area contributed by atoms with Crippen molar-refractivity contribution < 1.29 is 14.4 Å². The molecule has 1 heterocycles. The van der Waals surface area contributed by atoms with Crippen molar-refractivity contribution in [3.8, 4) is 0 Å². The van der Waals surface area contributed by atoms with Crippen LogP contribution in [0.2, 0.25) is 0 Å². The van der Waals surface area contributed by atoms with E-state index in [9.17, 15) is 14.4 Å². The van der Waals surface area contributed by atoms with Crippen molar-refractivity contribution in [2.45, 2.75) is 13.3 Å². The minimum atomic E-state index is -0.358. The van der Waals surface area contributed by atoms with Gasteiger partial charge < -0.3 is 11.1 Å². The number of nitrogens with zero attached hydrogens (tertiary/aromatic N) is 1. The van der Waals surface area contributed by atoms with Gasteiger partial charge in [-0.3, -0.25) is 19.3 Å². The maximum absolute atomic E-state index is 12.2. The molecule has 2 aromatic rings. The largest absolute Gasteiger partial charge is 0.399 e. The second-order valence-corrected chi connectivity index (χ2v) is 5.68. The van der Waals surface area contributed by atoms with Crippen LogP contribution in [0, 0.1) is 6.92 Å². The van der Waals surface area contributed by atoms with Gasteiger partial charge in [0, 0.05) is 24.3 Å². The molecule has 0 unspecified atom stereocenters. The zero-order chi connectivity index (χ0) is 17.3. The molecule has 1 aliphatic rings. The van der Waals surface area contributed by atoms with E-state index in [4.69, 9.17) is 5.73 Å². The summed E-state index contributed by atoms with van der Waals surface area (Å²) in [6.07, 6.45) is 0.0275. The van der Waals surface area contributed by atoms with Crippen LogP contribution in [0.15, 0.2) is 42.5 Å². The molecule has 0 saturated heterocycles. The van der Waals surface area contributed by atoms with Crippen molar-refractivity contribution in [1.82, 2.24) is 4.90 Å². The fraction of sp³-hybridized carbons (Fsp3) is 0.167. The van der Waals surface area contributed by atoms with Gasteiger partial charge in [-0.15, -0.1) is 0 Å². The average molecular weight is 323 g/mol. The first-order valence-electron chi connectivity index (χ1n) is 7.58. The van der Waals surface area contributed by atoms with Crippen LogP contribution in [0.25, 0.3) is 0 Å². The Balaban J connectivity index is 1.64. The number of hydrogen-bond acceptors (Lipinski definition) is 4. The van der Waals surface area contributed by atoms with Crippen LogP contribution in [0.3, 0.4) is 0 Å². The summed E-state index contributed by atoms with van der Waals surface area (Å²) in [4.78, 5) is 37.7. The quantitative estimate of drug-likeness (QED) is 0.666. The number of nitrogens with one attached hydrogen (secondary N) is 1. The second kappa shape index (κ2) is 6.16. The molecule has 0 bridgehead atoms. The van der Waals surface area contributed by atoms with Crippen LogP contribution in [-0.4, -0.2) is 29.2 Å². The number of rotatable bonds is 4. The number of imide groups is 1. The number of anilines is 2. The monoisotopic (exact) mass is 323 g/mol. The van der Waals surface area contributed by atoms with E-state index in [-0.39, 0.29) is 30.7 Å². The lowest BCUT2D eigenvalue weighted by molar-refractivity contribution is -0.116. The van der Waals surface area contributed by atoms with Crippen molar-refractivity contribution in [2.24, 2.45) is 0 Å². The summed E-state index contributed by atoms with van der Waals surface area (Å²) in [7, 11) is 0. The maximum Gasteiger partial charge on any atom is 0.261 e. The molecule has 122 valence electrons. The molecule has 0 aromatic heterocycles. The van der Waals surface area contributed by atoms with Crippen LogP contribution < -0.4 is 11.1 Å². The van der Waals surface area contributed by atoms with Crippen LogP contribution in [0.5, 0.6) is 0 Å². The standard InChI is InChI=1S/C18H17N3O3/c1-11-6-7-12(19)10-15(11)20-16(22)8-9-21-17(23)13-4-2-3-5-14(13)18(21)24/h2-7,10H,8-9,19H2,1H3,(H,20,22). The summed E-state index contributed by atoms with van der Waals surface area (Å²) < 4.78 is 0. The Hall–Kier alpha value is -3.15. The van der Waals surface area contributed by atoms with E-state index in [0.29, 0.717) is 22.5 Å². The third kappa shape index (κ3) is 2.86. The molecule has 3 amide bonds. The smallest absolute Gasteiger partial charge is 0.261 e. The molecule has 2 aromatic carbocycles. The Morgan fingerprint density at radius 1 is 1.08 bits per heavy atom. The minimum absolute atomic E-state index is 0.0275. The first-order chi connectivity index (χ1) is 11.5. The van der Waals surface area contributed by atoms with Gasteiger partial charge in [0.2, 0.25) is 5.91 Å². The SMILES string of the molecule is Cc1ccc(N)cc1NC(=O)CCN1C(=O)c2ccccc2C1=O. The van der Waals surface area contributed by atoms with E-state index in [2.05, 4.69) is 5.32 Å². The van der Waals surface area contributed by atoms with Crippen molar-refractivity contribution in [2.75, 3.05) is 17.6 Å². The number of amides is 3. The topological polar surface area (TPSA) is 92.5 Å². The van der Waals surface area contributed by atoms with E-state index < -0.39 is 0 Å². The normalized spacial score (nSPS) is 13.1. The molecule has 6 heteroatoms. The van der Waals surface area contributed by atoms with Crippen molar-refractivity contribution >= 4 is 29.1 Å². The number of aryl methyl sites for hydroxylation is 1. The van der Waals surface area contributed by atoms with Crippen molar-refractivity contribution in [1.29, 1.82) is 0 Å². The highest BCUT2D eigenvalue weighted by Crippen LogP contribution is 2.23. The van der Waals surface area contributed by atoms with Crippen LogP contribution >= 0.6 is 0 Å². The Morgan fingerprint density at radius 2 is 1.71 bits per heavy atom. The van der Waals surface area contributed by atoms with Gasteiger partial charge in [0.25, 0.3) is 11.8 Å². The summed E-state index contributed by atoms with van der Waals surface area (Å²) >= 11 is 0. The number of carbonyl (C=O) groups is 3. The summed E-state index contributed by atoms with van der Waals surface area (Å²) in [6.45, 7) is 1.90. The second-order valence-electron chi connectivity index (χ2n) is 5.68. The molecule has 0 fully saturated rings. The number of carbonyl (C=O) groups excluding carboxylic acids is 3. The van der Waals surface area contributed by atoms with E-state index in [1.807, 2.05) is 13.0 Å². The molecule has 24 heavy (non-hydrogen) atoms. The molecule has 6 nitrogen and oxygen atoms in total. The van der Waals surface area contributed by atoms with E-state index in [0.717, 1.165) is 10.5 Å². The highest BCUT2D eigenvalue weighted by molar-refractivity contribution is 6.21. The zero-order valence-electron chi connectivity index (χ0n) is 13.2. The predicted octanol–water partition coefficient (Wildman–Crippen LogP) is 2.20. The van der Waals surface area contributed by atoms with Gasteiger partial charge in [0.15, 0.2) is 0 Å². The van der Waals surface area contributed by atoms with Gasteiger partial charge in [0.05, 0.1) is 11.1 Å². The molecule has 0 atom stereocenters. The van der Waals surface area contributed by atoms with Crippen molar-refractivity contribution in [3.05, 3.63) is 59.2 Å². The third-order valence-electron chi connectivity index (χ3n) is 3.98. The fourth-order valence-corrected chi connectivity index (χ4v) is 2.64. The number of nitrogen functional groups attached to an aromatic ring is 1. The molecular weight excluding hydrogens is 306 g/mol. The summed E-state index contributed by atoms with van der Waals surface area (Å²) in [6, 6.07) is 11.9. The van der Waals surface area contributed by atoms with Crippen molar-refractivity contribution in [3.63, 3.8) is 0 Å². The molecule has 1 aliphatic heterocycles. The number of fused-ring (bicyclic) bond motifs is 1.